The lowest BCUT2D eigenvalue weighted by atomic mass is 9.83. The summed E-state index contributed by atoms with van der Waals surface area (Å²) in [5.74, 6) is 0. The van der Waals surface area contributed by atoms with E-state index in [1.165, 1.54) is 0 Å². The summed E-state index contributed by atoms with van der Waals surface area (Å²) in [4.78, 5) is 4.51. The van der Waals surface area contributed by atoms with Gasteiger partial charge in [-0.2, -0.15) is 5.10 Å². The maximum atomic E-state index is 6.18. The van der Waals surface area contributed by atoms with Crippen LogP contribution in [0.1, 0.15) is 27.7 Å². The van der Waals surface area contributed by atoms with Crippen LogP contribution in [-0.4, -0.2) is 33.1 Å². The molecule has 0 aliphatic carbocycles. The summed E-state index contributed by atoms with van der Waals surface area (Å²) < 4.78 is 14.2. The van der Waals surface area contributed by atoms with Crippen LogP contribution in [0.4, 0.5) is 0 Å². The Balaban J connectivity index is 1.86. The molecular formula is C18H20BN3O2. The third kappa shape index (κ3) is 2.25. The van der Waals surface area contributed by atoms with Crippen LogP contribution in [0.3, 0.4) is 0 Å². The predicted molar refractivity (Wildman–Crippen MR) is 94.6 cm³/mol. The third-order valence-corrected chi connectivity index (χ3v) is 4.95. The van der Waals surface area contributed by atoms with Crippen LogP contribution in [0.25, 0.3) is 16.7 Å². The van der Waals surface area contributed by atoms with Gasteiger partial charge in [-0.25, -0.2) is 9.67 Å². The summed E-state index contributed by atoms with van der Waals surface area (Å²) in [6, 6.07) is 13.9. The summed E-state index contributed by atoms with van der Waals surface area (Å²) >= 11 is 0. The zero-order valence-electron chi connectivity index (χ0n) is 14.4. The largest absolute Gasteiger partial charge is 0.517 e. The number of hydrogen-bond donors (Lipinski definition) is 0. The van der Waals surface area contributed by atoms with E-state index >= 15 is 0 Å². The Morgan fingerprint density at radius 3 is 2.25 bits per heavy atom. The standard InChI is InChI=1S/C18H20BN3O2/c1-17(2)18(3,4)24-19(23-17)15-14-11-8-12-20-16(14)22(21-15)13-9-6-5-7-10-13/h5-12H,1-4H3. The lowest BCUT2D eigenvalue weighted by molar-refractivity contribution is 0.00578. The van der Waals surface area contributed by atoms with Gasteiger partial charge in [0.15, 0.2) is 5.65 Å². The van der Waals surface area contributed by atoms with Gasteiger partial charge in [-0.15, -0.1) is 0 Å². The van der Waals surface area contributed by atoms with Crippen molar-refractivity contribution in [2.45, 2.75) is 38.9 Å². The average Bonchev–Trinajstić information content (AvgIpc) is 3.03. The average molecular weight is 321 g/mol. The maximum absolute atomic E-state index is 6.18. The minimum Gasteiger partial charge on any atom is -0.398 e. The summed E-state index contributed by atoms with van der Waals surface area (Å²) in [5.41, 5.74) is 1.73. The van der Waals surface area contributed by atoms with Gasteiger partial charge in [-0.3, -0.25) is 0 Å². The van der Waals surface area contributed by atoms with E-state index in [4.69, 9.17) is 14.4 Å². The Bertz CT molecular complexity index is 874. The van der Waals surface area contributed by atoms with Gasteiger partial charge < -0.3 is 9.31 Å². The highest BCUT2D eigenvalue weighted by Gasteiger charge is 2.53. The monoisotopic (exact) mass is 321 g/mol. The van der Waals surface area contributed by atoms with Gasteiger partial charge in [-0.1, -0.05) is 18.2 Å². The van der Waals surface area contributed by atoms with E-state index in [9.17, 15) is 0 Å². The number of rotatable bonds is 2. The fourth-order valence-electron chi connectivity index (χ4n) is 2.85. The molecule has 0 bridgehead atoms. The number of para-hydroxylation sites is 1. The van der Waals surface area contributed by atoms with Gasteiger partial charge in [0.2, 0.25) is 0 Å². The van der Waals surface area contributed by atoms with Crippen LogP contribution in [-0.2, 0) is 9.31 Å². The van der Waals surface area contributed by atoms with Crippen molar-refractivity contribution in [1.29, 1.82) is 0 Å². The minimum atomic E-state index is -0.508. The number of aromatic nitrogens is 3. The molecule has 1 saturated heterocycles. The van der Waals surface area contributed by atoms with Crippen molar-refractivity contribution in [3.8, 4) is 5.69 Å². The molecule has 5 nitrogen and oxygen atoms in total. The quantitative estimate of drug-likeness (QED) is 0.681. The van der Waals surface area contributed by atoms with Crippen molar-refractivity contribution in [3.05, 3.63) is 48.7 Å². The Kier molecular flexibility index (Phi) is 3.30. The number of nitrogens with zero attached hydrogens (tertiary/aromatic N) is 3. The summed E-state index contributed by atoms with van der Waals surface area (Å²) in [6.45, 7) is 8.17. The number of hydrogen-bond acceptors (Lipinski definition) is 4. The van der Waals surface area contributed by atoms with Crippen LogP contribution < -0.4 is 5.59 Å². The molecule has 1 aromatic carbocycles. The second-order valence-corrected chi connectivity index (χ2v) is 7.10. The van der Waals surface area contributed by atoms with Crippen LogP contribution in [0.15, 0.2) is 48.7 Å². The van der Waals surface area contributed by atoms with Crippen LogP contribution >= 0.6 is 0 Å². The normalized spacial score (nSPS) is 19.1. The lowest BCUT2D eigenvalue weighted by Gasteiger charge is -2.32. The Hall–Kier alpha value is -2.18. The highest BCUT2D eigenvalue weighted by molar-refractivity contribution is 6.64. The Morgan fingerprint density at radius 1 is 0.917 bits per heavy atom. The third-order valence-electron chi connectivity index (χ3n) is 4.95. The fourth-order valence-corrected chi connectivity index (χ4v) is 2.85. The van der Waals surface area contributed by atoms with Gasteiger partial charge in [0.05, 0.1) is 16.9 Å². The van der Waals surface area contributed by atoms with E-state index in [-0.39, 0.29) is 0 Å². The van der Waals surface area contributed by atoms with Gasteiger partial charge in [-0.05, 0) is 52.0 Å². The lowest BCUT2D eigenvalue weighted by Crippen LogP contribution is -2.41. The van der Waals surface area contributed by atoms with Crippen LogP contribution in [0.5, 0.6) is 0 Å². The van der Waals surface area contributed by atoms with Gasteiger partial charge in [0, 0.05) is 11.6 Å². The molecule has 1 aliphatic rings. The highest BCUT2D eigenvalue weighted by Crippen LogP contribution is 2.36. The molecule has 0 atom stereocenters. The minimum absolute atomic E-state index is 0.400. The second-order valence-electron chi connectivity index (χ2n) is 7.10. The Morgan fingerprint density at radius 2 is 1.58 bits per heavy atom. The zero-order chi connectivity index (χ0) is 16.9. The first-order valence-corrected chi connectivity index (χ1v) is 8.14. The van der Waals surface area contributed by atoms with Crippen LogP contribution in [0.2, 0.25) is 0 Å². The molecule has 4 rings (SSSR count). The fraction of sp³-hybridized carbons (Fsp3) is 0.333. The summed E-state index contributed by atoms with van der Waals surface area (Å²) in [5, 5.41) is 5.72. The maximum Gasteiger partial charge on any atom is 0.517 e. The number of benzene rings is 1. The molecule has 0 unspecified atom stereocenters. The summed E-state index contributed by atoms with van der Waals surface area (Å²) in [6.07, 6.45) is 1.78. The van der Waals surface area contributed by atoms with Crippen molar-refractivity contribution in [1.82, 2.24) is 14.8 Å². The molecule has 1 fully saturated rings. The van der Waals surface area contributed by atoms with E-state index in [1.54, 1.807) is 6.20 Å². The molecule has 3 heterocycles. The molecule has 3 aromatic rings. The van der Waals surface area contributed by atoms with E-state index in [0.717, 1.165) is 22.3 Å². The van der Waals surface area contributed by atoms with E-state index < -0.39 is 18.3 Å². The van der Waals surface area contributed by atoms with Gasteiger partial charge in [0.1, 0.15) is 5.59 Å². The molecule has 0 spiro atoms. The molecule has 0 amide bonds. The Labute approximate surface area is 141 Å². The second kappa shape index (κ2) is 5.16. The first-order valence-electron chi connectivity index (χ1n) is 8.14. The van der Waals surface area contributed by atoms with E-state index in [0.29, 0.717) is 0 Å². The molecular weight excluding hydrogens is 301 g/mol. The van der Waals surface area contributed by atoms with E-state index in [2.05, 4.69) is 4.98 Å². The summed E-state index contributed by atoms with van der Waals surface area (Å²) in [7, 11) is -0.508. The number of pyridine rings is 1. The van der Waals surface area contributed by atoms with Crippen molar-refractivity contribution >= 4 is 23.7 Å². The zero-order valence-corrected chi connectivity index (χ0v) is 14.4. The van der Waals surface area contributed by atoms with Gasteiger partial charge in [0.25, 0.3) is 0 Å². The molecule has 0 radical (unpaired) electrons. The first kappa shape index (κ1) is 15.4. The molecule has 0 N–H and O–H groups in total. The molecule has 2 aromatic heterocycles. The van der Waals surface area contributed by atoms with Crippen LogP contribution in [0, 0.1) is 0 Å². The molecule has 1 aliphatic heterocycles. The molecule has 0 saturated carbocycles. The topological polar surface area (TPSA) is 49.2 Å². The predicted octanol–water partition coefficient (Wildman–Crippen LogP) is 2.72. The smallest absolute Gasteiger partial charge is 0.398 e. The van der Waals surface area contributed by atoms with Crippen molar-refractivity contribution in [2.24, 2.45) is 0 Å². The van der Waals surface area contributed by atoms with Crippen molar-refractivity contribution in [2.75, 3.05) is 0 Å². The van der Waals surface area contributed by atoms with Gasteiger partial charge >= 0.3 is 7.12 Å². The van der Waals surface area contributed by atoms with Crippen molar-refractivity contribution in [3.63, 3.8) is 0 Å². The van der Waals surface area contributed by atoms with Crippen molar-refractivity contribution < 1.29 is 9.31 Å². The highest BCUT2D eigenvalue weighted by atomic mass is 16.7. The SMILES string of the molecule is CC1(C)OB(c2nn(-c3ccccc3)c3ncccc23)OC1(C)C. The first-order chi connectivity index (χ1) is 11.4. The molecule has 122 valence electrons. The molecule has 24 heavy (non-hydrogen) atoms. The van der Waals surface area contributed by atoms with E-state index in [1.807, 2.05) is 74.8 Å². The molecule has 6 heteroatoms. The number of fused-ring (bicyclic) bond motifs is 1.